The molecule has 0 saturated heterocycles. The summed E-state index contributed by atoms with van der Waals surface area (Å²) in [7, 11) is 1.62. The van der Waals surface area contributed by atoms with E-state index in [0.29, 0.717) is 17.9 Å². The van der Waals surface area contributed by atoms with Gasteiger partial charge >= 0.3 is 0 Å². The second-order valence-corrected chi connectivity index (χ2v) is 7.97. The van der Waals surface area contributed by atoms with Gasteiger partial charge in [0.2, 0.25) is 0 Å². The molecule has 1 unspecified atom stereocenters. The summed E-state index contributed by atoms with van der Waals surface area (Å²) in [6.45, 7) is 7.13. The van der Waals surface area contributed by atoms with E-state index >= 15 is 0 Å². The maximum Gasteiger partial charge on any atom is 0.109 e. The number of nitrogens with zero attached hydrogens (tertiary/aromatic N) is 1. The maximum atomic E-state index is 11.2. The second kappa shape index (κ2) is 5.31. The first-order valence-electron chi connectivity index (χ1n) is 7.92. The number of methoxy groups -OCH3 is 1. The van der Waals surface area contributed by atoms with Gasteiger partial charge in [0.25, 0.3) is 0 Å². The van der Waals surface area contributed by atoms with Crippen molar-refractivity contribution in [1.82, 2.24) is 0 Å². The molecule has 3 nitrogen and oxygen atoms in total. The first-order chi connectivity index (χ1) is 9.29. The van der Waals surface area contributed by atoms with Crippen molar-refractivity contribution in [2.75, 3.05) is 13.7 Å². The van der Waals surface area contributed by atoms with Gasteiger partial charge in [-0.2, -0.15) is 5.26 Å². The van der Waals surface area contributed by atoms with Gasteiger partial charge in [-0.05, 0) is 55.8 Å². The molecule has 3 heteroatoms. The van der Waals surface area contributed by atoms with E-state index in [-0.39, 0.29) is 5.92 Å². The molecule has 2 fully saturated rings. The first kappa shape index (κ1) is 15.8. The van der Waals surface area contributed by atoms with Gasteiger partial charge in [-0.3, -0.25) is 0 Å². The predicted octanol–water partition coefficient (Wildman–Crippen LogP) is 3.52. The zero-order valence-electron chi connectivity index (χ0n) is 13.4. The Hall–Kier alpha value is -0.590. The first-order valence-corrected chi connectivity index (χ1v) is 7.92. The number of ether oxygens (including phenoxy) is 1. The van der Waals surface area contributed by atoms with Gasteiger partial charge in [-0.1, -0.05) is 20.8 Å². The molecular weight excluding hydrogens is 250 g/mol. The molecule has 0 bridgehead atoms. The summed E-state index contributed by atoms with van der Waals surface area (Å²) in [5.41, 5.74) is -1.26. The molecule has 0 aromatic carbocycles. The second-order valence-electron chi connectivity index (χ2n) is 7.97. The fraction of sp³-hybridized carbons (Fsp3) is 0.941. The Kier molecular flexibility index (Phi) is 4.19. The lowest BCUT2D eigenvalue weighted by molar-refractivity contribution is -0.136. The topological polar surface area (TPSA) is 53.2 Å². The minimum absolute atomic E-state index is 0.258. The van der Waals surface area contributed by atoms with Crippen LogP contribution in [-0.4, -0.2) is 24.4 Å². The standard InChI is InChI=1S/C17H29NO2/c1-15(2,3)13-7-9-16(11-18,10-8-13)17(19,12-20-4)14-5-6-14/h13-14,19H,5-10,12H2,1-4H3. The van der Waals surface area contributed by atoms with Crippen molar-refractivity contribution in [2.24, 2.45) is 22.7 Å². The summed E-state index contributed by atoms with van der Waals surface area (Å²) in [5.74, 6) is 0.906. The minimum atomic E-state index is -0.945. The molecule has 2 aliphatic rings. The van der Waals surface area contributed by atoms with Crippen LogP contribution < -0.4 is 0 Å². The zero-order chi connectivity index (χ0) is 15.0. The van der Waals surface area contributed by atoms with Crippen molar-refractivity contribution < 1.29 is 9.84 Å². The van der Waals surface area contributed by atoms with E-state index in [1.807, 2.05) is 0 Å². The lowest BCUT2D eigenvalue weighted by Gasteiger charge is -2.48. The van der Waals surface area contributed by atoms with Crippen LogP contribution in [0, 0.1) is 34.0 Å². The Bertz CT molecular complexity index is 381. The maximum absolute atomic E-state index is 11.2. The Morgan fingerprint density at radius 2 is 1.70 bits per heavy atom. The summed E-state index contributed by atoms with van der Waals surface area (Å²) >= 11 is 0. The number of hydrogen-bond acceptors (Lipinski definition) is 3. The normalized spacial score (nSPS) is 34.3. The largest absolute Gasteiger partial charge is 0.386 e. The molecule has 1 N–H and O–H groups in total. The van der Waals surface area contributed by atoms with Crippen molar-refractivity contribution in [3.05, 3.63) is 0 Å². The van der Waals surface area contributed by atoms with E-state index in [9.17, 15) is 10.4 Å². The Morgan fingerprint density at radius 3 is 2.05 bits per heavy atom. The SMILES string of the molecule is COCC(O)(C1CC1)C1(C#N)CCC(C(C)(C)C)CC1. The highest BCUT2D eigenvalue weighted by Crippen LogP contribution is 2.56. The third-order valence-corrected chi connectivity index (χ3v) is 5.72. The lowest BCUT2D eigenvalue weighted by Crippen LogP contribution is -2.54. The van der Waals surface area contributed by atoms with E-state index in [4.69, 9.17) is 4.74 Å². The van der Waals surface area contributed by atoms with Crippen LogP contribution in [0.25, 0.3) is 0 Å². The van der Waals surface area contributed by atoms with Crippen LogP contribution in [0.4, 0.5) is 0 Å². The lowest BCUT2D eigenvalue weighted by atomic mass is 9.57. The Morgan fingerprint density at radius 1 is 1.15 bits per heavy atom. The zero-order valence-corrected chi connectivity index (χ0v) is 13.4. The van der Waals surface area contributed by atoms with E-state index in [1.165, 1.54) is 0 Å². The van der Waals surface area contributed by atoms with Crippen LogP contribution in [0.3, 0.4) is 0 Å². The highest BCUT2D eigenvalue weighted by molar-refractivity contribution is 5.17. The van der Waals surface area contributed by atoms with Crippen molar-refractivity contribution in [3.63, 3.8) is 0 Å². The average molecular weight is 279 g/mol. The van der Waals surface area contributed by atoms with Crippen LogP contribution in [0.1, 0.15) is 59.3 Å². The van der Waals surface area contributed by atoms with Gasteiger partial charge in [0.15, 0.2) is 0 Å². The van der Waals surface area contributed by atoms with E-state index in [1.54, 1.807) is 7.11 Å². The highest BCUT2D eigenvalue weighted by Gasteiger charge is 2.59. The van der Waals surface area contributed by atoms with Crippen LogP contribution in [0.5, 0.6) is 0 Å². The van der Waals surface area contributed by atoms with Gasteiger partial charge in [0, 0.05) is 7.11 Å². The van der Waals surface area contributed by atoms with Gasteiger partial charge in [-0.25, -0.2) is 0 Å². The molecule has 114 valence electrons. The molecule has 0 aromatic rings. The third kappa shape index (κ3) is 2.61. The van der Waals surface area contributed by atoms with Gasteiger partial charge in [0.1, 0.15) is 5.60 Å². The molecule has 2 aliphatic carbocycles. The molecule has 0 amide bonds. The smallest absolute Gasteiger partial charge is 0.109 e. The summed E-state index contributed by atoms with van der Waals surface area (Å²) in [6, 6.07) is 2.51. The van der Waals surface area contributed by atoms with Crippen LogP contribution in [-0.2, 0) is 4.74 Å². The molecule has 0 heterocycles. The minimum Gasteiger partial charge on any atom is -0.386 e. The number of hydrogen-bond donors (Lipinski definition) is 1. The predicted molar refractivity (Wildman–Crippen MR) is 79.0 cm³/mol. The summed E-state index contributed by atoms with van der Waals surface area (Å²) in [6.07, 6.45) is 5.76. The van der Waals surface area contributed by atoms with Gasteiger partial charge in [-0.15, -0.1) is 0 Å². The van der Waals surface area contributed by atoms with E-state index < -0.39 is 11.0 Å². The van der Waals surface area contributed by atoms with E-state index in [2.05, 4.69) is 26.8 Å². The summed E-state index contributed by atoms with van der Waals surface area (Å²) in [4.78, 5) is 0. The van der Waals surface area contributed by atoms with Crippen molar-refractivity contribution >= 4 is 0 Å². The molecule has 2 rings (SSSR count). The monoisotopic (exact) mass is 279 g/mol. The van der Waals surface area contributed by atoms with Crippen molar-refractivity contribution in [3.8, 4) is 6.07 Å². The molecule has 0 aromatic heterocycles. The fourth-order valence-electron chi connectivity index (χ4n) is 4.05. The fourth-order valence-corrected chi connectivity index (χ4v) is 4.05. The molecule has 0 radical (unpaired) electrons. The Balaban J connectivity index is 2.17. The third-order valence-electron chi connectivity index (χ3n) is 5.72. The van der Waals surface area contributed by atoms with Crippen LogP contribution in [0.15, 0.2) is 0 Å². The molecule has 0 aliphatic heterocycles. The number of rotatable bonds is 4. The quantitative estimate of drug-likeness (QED) is 0.856. The molecule has 20 heavy (non-hydrogen) atoms. The van der Waals surface area contributed by atoms with E-state index in [0.717, 1.165) is 38.5 Å². The van der Waals surface area contributed by atoms with Gasteiger partial charge in [0.05, 0.1) is 18.1 Å². The molecule has 0 spiro atoms. The average Bonchev–Trinajstić information content (AvgIpc) is 3.22. The summed E-state index contributed by atoms with van der Waals surface area (Å²) in [5, 5.41) is 21.0. The van der Waals surface area contributed by atoms with Crippen molar-refractivity contribution in [2.45, 2.75) is 64.9 Å². The van der Waals surface area contributed by atoms with Gasteiger partial charge < -0.3 is 9.84 Å². The highest BCUT2D eigenvalue weighted by atomic mass is 16.5. The Labute approximate surface area is 123 Å². The van der Waals surface area contributed by atoms with Crippen LogP contribution >= 0.6 is 0 Å². The summed E-state index contributed by atoms with van der Waals surface area (Å²) < 4.78 is 5.28. The molecule has 2 saturated carbocycles. The van der Waals surface area contributed by atoms with Crippen LogP contribution in [0.2, 0.25) is 0 Å². The van der Waals surface area contributed by atoms with Crippen molar-refractivity contribution in [1.29, 1.82) is 5.26 Å². The number of aliphatic hydroxyl groups is 1. The number of nitriles is 1. The molecular formula is C17H29NO2. The molecule has 1 atom stereocenters.